The Morgan fingerprint density at radius 3 is 2.11 bits per heavy atom. The van der Waals surface area contributed by atoms with Gasteiger partial charge in [0, 0.05) is 5.41 Å². The van der Waals surface area contributed by atoms with E-state index in [2.05, 4.69) is 37.9 Å². The van der Waals surface area contributed by atoms with E-state index in [4.69, 9.17) is 4.74 Å². The molecule has 0 saturated heterocycles. The number of hydrogen-bond acceptors (Lipinski definition) is 3. The van der Waals surface area contributed by atoms with Gasteiger partial charge in [-0.05, 0) is 56.5 Å². The summed E-state index contributed by atoms with van der Waals surface area (Å²) in [4.78, 5) is 12.5. The van der Waals surface area contributed by atoms with Crippen molar-refractivity contribution in [3.8, 4) is 11.8 Å². The number of hydrogen-bond donors (Lipinski definition) is 1. The van der Waals surface area contributed by atoms with Crippen LogP contribution in [0.1, 0.15) is 25.3 Å². The van der Waals surface area contributed by atoms with Gasteiger partial charge >= 0.3 is 5.97 Å². The zero-order chi connectivity index (χ0) is 20.6. The van der Waals surface area contributed by atoms with Crippen molar-refractivity contribution in [2.75, 3.05) is 0 Å². The summed E-state index contributed by atoms with van der Waals surface area (Å²) in [6.45, 7) is 3.46. The summed E-state index contributed by atoms with van der Waals surface area (Å²) in [5, 5.41) is 20.4. The number of ether oxygens (including phenoxy) is 1. The number of aliphatic carboxylic acids is 1. The molecule has 0 aliphatic heterocycles. The van der Waals surface area contributed by atoms with Crippen molar-refractivity contribution >= 4 is 37.8 Å². The first-order chi connectivity index (χ1) is 13.2. The molecule has 1 fully saturated rings. The number of carbonyl (C=O) groups is 1. The Morgan fingerprint density at radius 1 is 1.11 bits per heavy atom. The van der Waals surface area contributed by atoms with Crippen molar-refractivity contribution in [1.82, 2.24) is 0 Å². The molecule has 2 aromatic rings. The van der Waals surface area contributed by atoms with Crippen LogP contribution in [0.15, 0.2) is 70.1 Å². The van der Waals surface area contributed by atoms with E-state index in [0.29, 0.717) is 9.14 Å². The van der Waals surface area contributed by atoms with Crippen molar-refractivity contribution in [2.45, 2.75) is 25.4 Å². The molecule has 0 radical (unpaired) electrons. The van der Waals surface area contributed by atoms with Gasteiger partial charge in [-0.3, -0.25) is 4.79 Å². The molecular formula is C22H19Br2NO3. The van der Waals surface area contributed by atoms with Crippen molar-refractivity contribution in [2.24, 2.45) is 10.8 Å². The van der Waals surface area contributed by atoms with E-state index in [1.54, 1.807) is 25.1 Å². The Kier molecular flexibility index (Phi) is 5.44. The lowest BCUT2D eigenvalue weighted by atomic mass is 9.86. The fraction of sp³-hybridized carbons (Fsp3) is 0.273. The summed E-state index contributed by atoms with van der Waals surface area (Å²) in [6, 6.07) is 20.6. The van der Waals surface area contributed by atoms with Crippen LogP contribution in [0, 0.1) is 22.2 Å². The van der Waals surface area contributed by atoms with Gasteiger partial charge in [-0.25, -0.2) is 0 Å². The van der Waals surface area contributed by atoms with Gasteiger partial charge in [0.15, 0.2) is 5.60 Å². The second kappa shape index (κ2) is 7.38. The molecule has 4 unspecified atom stereocenters. The molecule has 6 heteroatoms. The third-order valence-corrected chi connectivity index (χ3v) is 6.46. The van der Waals surface area contributed by atoms with Crippen LogP contribution in [0.4, 0.5) is 0 Å². The van der Waals surface area contributed by atoms with Gasteiger partial charge in [-0.2, -0.15) is 5.26 Å². The number of nitrogens with zero attached hydrogens (tertiary/aromatic N) is 1. The average Bonchev–Trinajstić information content (AvgIpc) is 3.07. The molecule has 1 aliphatic carbocycles. The second-order valence-corrected chi connectivity index (χ2v) is 9.96. The lowest BCUT2D eigenvalue weighted by Gasteiger charge is -2.28. The van der Waals surface area contributed by atoms with Crippen LogP contribution in [-0.2, 0) is 4.79 Å². The zero-order valence-corrected chi connectivity index (χ0v) is 18.6. The van der Waals surface area contributed by atoms with Gasteiger partial charge in [0.1, 0.15) is 17.1 Å². The van der Waals surface area contributed by atoms with E-state index in [0.717, 1.165) is 5.56 Å². The van der Waals surface area contributed by atoms with Crippen LogP contribution >= 0.6 is 31.9 Å². The highest BCUT2D eigenvalue weighted by molar-refractivity contribution is 9.28. The largest absolute Gasteiger partial charge is 0.483 e. The summed E-state index contributed by atoms with van der Waals surface area (Å²) < 4.78 is 7.03. The molecule has 1 N–H and O–H groups in total. The van der Waals surface area contributed by atoms with Gasteiger partial charge in [0.25, 0.3) is 0 Å². The van der Waals surface area contributed by atoms with Crippen LogP contribution < -0.4 is 4.74 Å². The third kappa shape index (κ3) is 2.80. The normalized spacial score (nSPS) is 29.2. The summed E-state index contributed by atoms with van der Waals surface area (Å²) >= 11 is 6.72. The highest BCUT2D eigenvalue weighted by atomic mass is 79.9. The lowest BCUT2D eigenvalue weighted by Crippen LogP contribution is -2.37. The number of rotatable bonds is 6. The first-order valence-corrected chi connectivity index (χ1v) is 10.3. The minimum atomic E-state index is -1.33. The third-order valence-electron chi connectivity index (χ3n) is 6.01. The molecule has 144 valence electrons. The first-order valence-electron chi connectivity index (χ1n) is 8.70. The summed E-state index contributed by atoms with van der Waals surface area (Å²) in [5.74, 6) is -1.29. The molecule has 28 heavy (non-hydrogen) atoms. The van der Waals surface area contributed by atoms with Crippen LogP contribution in [0.3, 0.4) is 0 Å². The van der Waals surface area contributed by atoms with Gasteiger partial charge in [-0.1, -0.05) is 61.5 Å². The maximum absolute atomic E-state index is 12.5. The maximum Gasteiger partial charge on any atom is 0.314 e. The number of nitriles is 1. The topological polar surface area (TPSA) is 70.3 Å². The molecule has 0 aromatic heterocycles. The molecule has 0 bridgehead atoms. The molecule has 0 heterocycles. The van der Waals surface area contributed by atoms with E-state index in [1.807, 2.05) is 55.5 Å². The summed E-state index contributed by atoms with van der Waals surface area (Å²) in [6.07, 6.45) is 1.78. The quantitative estimate of drug-likeness (QED) is 0.535. The van der Waals surface area contributed by atoms with Crippen LogP contribution in [0.25, 0.3) is 0 Å². The predicted molar refractivity (Wildman–Crippen MR) is 114 cm³/mol. The zero-order valence-electron chi connectivity index (χ0n) is 15.4. The molecule has 3 rings (SSSR count). The predicted octanol–water partition coefficient (Wildman–Crippen LogP) is 5.85. The number of para-hydroxylation sites is 1. The Balaban J connectivity index is 2.28. The molecule has 2 aromatic carbocycles. The summed E-state index contributed by atoms with van der Waals surface area (Å²) in [5.41, 5.74) is -2.88. The Labute approximate surface area is 181 Å². The van der Waals surface area contributed by atoms with E-state index >= 15 is 0 Å². The number of halogens is 2. The molecular weight excluding hydrogens is 486 g/mol. The van der Waals surface area contributed by atoms with Crippen molar-refractivity contribution in [1.29, 1.82) is 5.26 Å². The van der Waals surface area contributed by atoms with Crippen molar-refractivity contribution in [3.63, 3.8) is 0 Å². The van der Waals surface area contributed by atoms with Crippen LogP contribution in [0.2, 0.25) is 0 Å². The standard InChI is InChI=1S/C22H19Br2NO3/c1-20(13-18(23)24)21(2,19(26)27)22(20,28-16-11-7-4-8-12-16)17(14-25)15-9-5-3-6-10-15/h3-13,17H,1-2H3,(H,26,27). The molecule has 4 atom stereocenters. The Morgan fingerprint density at radius 2 is 1.64 bits per heavy atom. The summed E-state index contributed by atoms with van der Waals surface area (Å²) in [7, 11) is 0. The van der Waals surface area contributed by atoms with Gasteiger partial charge < -0.3 is 9.84 Å². The minimum Gasteiger partial charge on any atom is -0.483 e. The SMILES string of the molecule is CC1(C=C(Br)Br)C(C)(C(=O)O)C1(Oc1ccccc1)C(C#N)c1ccccc1. The molecule has 0 spiro atoms. The van der Waals surface area contributed by atoms with Crippen molar-refractivity contribution in [3.05, 3.63) is 75.7 Å². The fourth-order valence-electron chi connectivity index (χ4n) is 4.36. The van der Waals surface area contributed by atoms with E-state index in [9.17, 15) is 15.2 Å². The van der Waals surface area contributed by atoms with E-state index < -0.39 is 28.3 Å². The minimum absolute atomic E-state index is 0.522. The van der Waals surface area contributed by atoms with Crippen molar-refractivity contribution < 1.29 is 14.6 Å². The van der Waals surface area contributed by atoms with Gasteiger partial charge in [-0.15, -0.1) is 0 Å². The molecule has 0 amide bonds. The second-order valence-electron chi connectivity index (χ2n) is 7.19. The van der Waals surface area contributed by atoms with Gasteiger partial charge in [0.2, 0.25) is 0 Å². The maximum atomic E-state index is 12.5. The fourth-order valence-corrected chi connectivity index (χ4v) is 5.27. The average molecular weight is 505 g/mol. The first kappa shape index (κ1) is 20.6. The highest BCUT2D eigenvalue weighted by Crippen LogP contribution is 2.78. The lowest BCUT2D eigenvalue weighted by molar-refractivity contribution is -0.145. The molecule has 1 saturated carbocycles. The highest BCUT2D eigenvalue weighted by Gasteiger charge is 2.90. The Bertz CT molecular complexity index is 953. The Hall–Kier alpha value is -2.10. The molecule has 4 nitrogen and oxygen atoms in total. The van der Waals surface area contributed by atoms with Crippen LogP contribution in [-0.4, -0.2) is 16.7 Å². The molecule has 1 aliphatic rings. The van der Waals surface area contributed by atoms with E-state index in [-0.39, 0.29) is 0 Å². The van der Waals surface area contributed by atoms with E-state index in [1.165, 1.54) is 0 Å². The number of carboxylic acids is 1. The number of carboxylic acid groups (broad SMARTS) is 1. The smallest absolute Gasteiger partial charge is 0.314 e. The number of benzene rings is 2. The monoisotopic (exact) mass is 503 g/mol. The van der Waals surface area contributed by atoms with Crippen LogP contribution in [0.5, 0.6) is 5.75 Å². The van der Waals surface area contributed by atoms with Gasteiger partial charge in [0.05, 0.1) is 9.46 Å².